The molecule has 2 aliphatic heterocycles. The summed E-state index contributed by atoms with van der Waals surface area (Å²) >= 11 is 0. The van der Waals surface area contributed by atoms with Crippen LogP contribution >= 0.6 is 0 Å². The fourth-order valence-corrected chi connectivity index (χ4v) is 4.47. The van der Waals surface area contributed by atoms with Gasteiger partial charge in [0.05, 0.1) is 11.9 Å². The zero-order chi connectivity index (χ0) is 18.5. The van der Waals surface area contributed by atoms with Crippen LogP contribution in [0.25, 0.3) is 11.3 Å². The second kappa shape index (κ2) is 8.50. The number of aromatic nitrogens is 2. The molecule has 0 radical (unpaired) electrons. The van der Waals surface area contributed by atoms with E-state index in [1.807, 2.05) is 6.20 Å². The number of hydrogen-bond donors (Lipinski definition) is 2. The van der Waals surface area contributed by atoms with Gasteiger partial charge < -0.3 is 10.1 Å². The summed E-state index contributed by atoms with van der Waals surface area (Å²) in [5.74, 6) is -0.221. The summed E-state index contributed by atoms with van der Waals surface area (Å²) in [6.07, 6.45) is 8.01. The molecule has 1 aromatic heterocycles. The minimum absolute atomic E-state index is 0.207. The molecule has 0 saturated carbocycles. The van der Waals surface area contributed by atoms with Gasteiger partial charge in [0.2, 0.25) is 0 Å². The molecule has 0 bridgehead atoms. The maximum Gasteiger partial charge on any atom is 0.123 e. The van der Waals surface area contributed by atoms with Crippen molar-refractivity contribution in [3.63, 3.8) is 0 Å². The van der Waals surface area contributed by atoms with Crippen LogP contribution in [-0.2, 0) is 11.3 Å². The van der Waals surface area contributed by atoms with E-state index in [0.717, 1.165) is 56.0 Å². The number of piperidine rings is 1. The lowest BCUT2D eigenvalue weighted by Crippen LogP contribution is -2.59. The molecule has 1 aromatic carbocycles. The smallest absolute Gasteiger partial charge is 0.123 e. The molecule has 5 nitrogen and oxygen atoms in total. The van der Waals surface area contributed by atoms with Gasteiger partial charge in [-0.15, -0.1) is 0 Å². The average molecular weight is 372 g/mol. The maximum atomic E-state index is 13.2. The van der Waals surface area contributed by atoms with Crippen LogP contribution in [0.5, 0.6) is 0 Å². The third kappa shape index (κ3) is 4.23. The number of nitrogens with one attached hydrogen (secondary N) is 2. The van der Waals surface area contributed by atoms with Gasteiger partial charge in [0.15, 0.2) is 0 Å². The summed E-state index contributed by atoms with van der Waals surface area (Å²) in [4.78, 5) is 2.70. The Kier molecular flexibility index (Phi) is 5.86. The van der Waals surface area contributed by atoms with Gasteiger partial charge >= 0.3 is 0 Å². The first-order valence-corrected chi connectivity index (χ1v) is 10.1. The highest BCUT2D eigenvalue weighted by Gasteiger charge is 2.38. The standard InChI is InChI=1S/C21H29FN4O/c22-19-6-4-17(5-7-19)20-18(15-24-25-20)14-23-16-21(8-12-27-13-9-21)26-10-2-1-3-11-26/h4-7,15,23H,1-3,8-14,16H2,(H,24,25). The van der Waals surface area contributed by atoms with E-state index in [1.54, 1.807) is 12.1 Å². The topological polar surface area (TPSA) is 53.2 Å². The number of halogens is 1. The van der Waals surface area contributed by atoms with E-state index in [0.29, 0.717) is 0 Å². The highest BCUT2D eigenvalue weighted by Crippen LogP contribution is 2.30. The molecule has 2 fully saturated rings. The number of rotatable bonds is 6. The number of nitrogens with zero attached hydrogens (tertiary/aromatic N) is 2. The Morgan fingerprint density at radius 3 is 2.59 bits per heavy atom. The molecular formula is C21H29FN4O. The predicted molar refractivity (Wildman–Crippen MR) is 104 cm³/mol. The van der Waals surface area contributed by atoms with Crippen LogP contribution in [0.4, 0.5) is 4.39 Å². The monoisotopic (exact) mass is 372 g/mol. The van der Waals surface area contributed by atoms with Gasteiger partial charge in [-0.3, -0.25) is 10.00 Å². The Bertz CT molecular complexity index is 718. The highest BCUT2D eigenvalue weighted by molar-refractivity contribution is 5.62. The number of hydrogen-bond acceptors (Lipinski definition) is 4. The van der Waals surface area contributed by atoms with Crippen LogP contribution in [-0.4, -0.2) is 53.5 Å². The summed E-state index contributed by atoms with van der Waals surface area (Å²) in [6, 6.07) is 6.56. The Balaban J connectivity index is 1.42. The van der Waals surface area contributed by atoms with Crippen molar-refractivity contribution in [2.24, 2.45) is 0 Å². The normalized spacial score (nSPS) is 20.6. The van der Waals surface area contributed by atoms with Crippen LogP contribution in [0.15, 0.2) is 30.5 Å². The number of benzene rings is 1. The molecule has 6 heteroatoms. The van der Waals surface area contributed by atoms with E-state index >= 15 is 0 Å². The predicted octanol–water partition coefficient (Wildman–Crippen LogP) is 3.34. The Morgan fingerprint density at radius 2 is 1.85 bits per heavy atom. The second-order valence-corrected chi connectivity index (χ2v) is 7.77. The van der Waals surface area contributed by atoms with Gasteiger partial charge in [-0.1, -0.05) is 6.42 Å². The first kappa shape index (κ1) is 18.6. The molecule has 4 rings (SSSR count). The third-order valence-electron chi connectivity index (χ3n) is 6.07. The number of likely N-dealkylation sites (tertiary alicyclic amines) is 1. The molecule has 2 N–H and O–H groups in total. The van der Waals surface area contributed by atoms with Gasteiger partial charge in [0.1, 0.15) is 5.82 Å². The average Bonchev–Trinajstić information content (AvgIpc) is 3.18. The van der Waals surface area contributed by atoms with Crippen LogP contribution in [0.3, 0.4) is 0 Å². The van der Waals surface area contributed by atoms with Crippen LogP contribution in [0, 0.1) is 5.82 Å². The molecular weight excluding hydrogens is 343 g/mol. The van der Waals surface area contributed by atoms with Crippen molar-refractivity contribution in [1.82, 2.24) is 20.4 Å². The Labute approximate surface area is 160 Å². The van der Waals surface area contributed by atoms with Crippen molar-refractivity contribution in [3.05, 3.63) is 41.8 Å². The second-order valence-electron chi connectivity index (χ2n) is 7.77. The van der Waals surface area contributed by atoms with Crippen molar-refractivity contribution < 1.29 is 9.13 Å². The number of ether oxygens (including phenoxy) is 1. The maximum absolute atomic E-state index is 13.2. The summed E-state index contributed by atoms with van der Waals surface area (Å²) in [5, 5.41) is 11.0. The molecule has 3 heterocycles. The molecule has 27 heavy (non-hydrogen) atoms. The highest BCUT2D eigenvalue weighted by atomic mass is 19.1. The summed E-state index contributed by atoms with van der Waals surface area (Å²) in [7, 11) is 0. The Hall–Kier alpha value is -1.76. The zero-order valence-corrected chi connectivity index (χ0v) is 15.8. The first-order chi connectivity index (χ1) is 13.3. The van der Waals surface area contributed by atoms with Gasteiger partial charge in [-0.05, 0) is 63.0 Å². The number of H-pyrrole nitrogens is 1. The number of aromatic amines is 1. The quantitative estimate of drug-likeness (QED) is 0.817. The fourth-order valence-electron chi connectivity index (χ4n) is 4.47. The molecule has 2 saturated heterocycles. The lowest BCUT2D eigenvalue weighted by molar-refractivity contribution is -0.0358. The summed E-state index contributed by atoms with van der Waals surface area (Å²) in [6.45, 7) is 5.82. The largest absolute Gasteiger partial charge is 0.381 e. The van der Waals surface area contributed by atoms with Crippen LogP contribution in [0.2, 0.25) is 0 Å². The van der Waals surface area contributed by atoms with E-state index < -0.39 is 0 Å². The van der Waals surface area contributed by atoms with Crippen molar-refractivity contribution in [2.75, 3.05) is 32.8 Å². The van der Waals surface area contributed by atoms with Gasteiger partial charge in [0.25, 0.3) is 0 Å². The van der Waals surface area contributed by atoms with Gasteiger partial charge in [0, 0.05) is 43.0 Å². The molecule has 2 aliphatic rings. The van der Waals surface area contributed by atoms with Gasteiger partial charge in [-0.25, -0.2) is 4.39 Å². The van der Waals surface area contributed by atoms with E-state index in [1.165, 1.54) is 44.5 Å². The van der Waals surface area contributed by atoms with Gasteiger partial charge in [-0.2, -0.15) is 5.10 Å². The molecule has 0 amide bonds. The third-order valence-corrected chi connectivity index (χ3v) is 6.07. The lowest BCUT2D eigenvalue weighted by atomic mass is 9.86. The lowest BCUT2D eigenvalue weighted by Gasteiger charge is -2.48. The van der Waals surface area contributed by atoms with Crippen LogP contribution < -0.4 is 5.32 Å². The molecule has 0 atom stereocenters. The Morgan fingerprint density at radius 1 is 1.11 bits per heavy atom. The molecule has 0 aliphatic carbocycles. The summed E-state index contributed by atoms with van der Waals surface area (Å²) in [5.41, 5.74) is 3.24. The minimum Gasteiger partial charge on any atom is -0.381 e. The molecule has 146 valence electrons. The van der Waals surface area contributed by atoms with Crippen molar-refractivity contribution in [1.29, 1.82) is 0 Å². The van der Waals surface area contributed by atoms with E-state index in [2.05, 4.69) is 20.4 Å². The van der Waals surface area contributed by atoms with Crippen LogP contribution in [0.1, 0.15) is 37.7 Å². The SMILES string of the molecule is Fc1ccc(-c2[nH]ncc2CNCC2(N3CCCCC3)CCOCC2)cc1. The van der Waals surface area contributed by atoms with E-state index in [9.17, 15) is 4.39 Å². The van der Waals surface area contributed by atoms with E-state index in [4.69, 9.17) is 4.74 Å². The zero-order valence-electron chi connectivity index (χ0n) is 15.8. The fraction of sp³-hybridized carbons (Fsp3) is 0.571. The van der Waals surface area contributed by atoms with Crippen molar-refractivity contribution >= 4 is 0 Å². The molecule has 0 unspecified atom stereocenters. The molecule has 0 spiro atoms. The molecule has 2 aromatic rings. The first-order valence-electron chi connectivity index (χ1n) is 10.1. The van der Waals surface area contributed by atoms with E-state index in [-0.39, 0.29) is 11.4 Å². The minimum atomic E-state index is -0.221. The van der Waals surface area contributed by atoms with Crippen molar-refractivity contribution in [2.45, 2.75) is 44.2 Å². The van der Waals surface area contributed by atoms with Crippen molar-refractivity contribution in [3.8, 4) is 11.3 Å². The summed E-state index contributed by atoms with van der Waals surface area (Å²) < 4.78 is 18.9.